The maximum absolute atomic E-state index is 3.37. The Hall–Kier alpha value is -0.980. The van der Waals surface area contributed by atoms with Crippen molar-refractivity contribution < 1.29 is 0 Å². The van der Waals surface area contributed by atoms with E-state index >= 15 is 0 Å². The van der Waals surface area contributed by atoms with Gasteiger partial charge in [-0.15, -0.1) is 0 Å². The number of rotatable bonds is 3. The van der Waals surface area contributed by atoms with E-state index in [2.05, 4.69) is 52.1 Å². The van der Waals surface area contributed by atoms with Crippen LogP contribution in [0.3, 0.4) is 0 Å². The molecule has 0 fully saturated rings. The lowest BCUT2D eigenvalue weighted by molar-refractivity contribution is 0.830. The molecule has 0 aliphatic heterocycles. The maximum atomic E-state index is 3.37. The second kappa shape index (κ2) is 4.69. The highest BCUT2D eigenvalue weighted by molar-refractivity contribution is 5.62. The fraction of sp³-hybridized carbons (Fsp3) is 0.571. The van der Waals surface area contributed by atoms with Crippen molar-refractivity contribution in [1.29, 1.82) is 0 Å². The molecule has 0 aliphatic rings. The van der Waals surface area contributed by atoms with Gasteiger partial charge in [-0.1, -0.05) is 39.8 Å². The minimum Gasteiger partial charge on any atom is -0.388 e. The molecular weight excluding hydrogens is 182 g/mol. The summed E-state index contributed by atoms with van der Waals surface area (Å²) >= 11 is 0. The molecule has 84 valence electrons. The summed E-state index contributed by atoms with van der Waals surface area (Å²) in [6.45, 7) is 11.2. The minimum absolute atomic E-state index is 0.575. The highest BCUT2D eigenvalue weighted by Crippen LogP contribution is 2.34. The molecule has 0 aromatic heterocycles. The van der Waals surface area contributed by atoms with Gasteiger partial charge in [0.05, 0.1) is 0 Å². The van der Waals surface area contributed by atoms with E-state index in [1.54, 1.807) is 0 Å². The molecule has 0 spiro atoms. The predicted octanol–water partition coefficient (Wildman–Crippen LogP) is 4.28. The molecule has 1 aromatic rings. The van der Waals surface area contributed by atoms with Crippen LogP contribution in [0.5, 0.6) is 0 Å². The van der Waals surface area contributed by atoms with Gasteiger partial charge in [0, 0.05) is 12.7 Å². The molecular formula is C14H23N. The van der Waals surface area contributed by atoms with E-state index in [0.717, 1.165) is 0 Å². The highest BCUT2D eigenvalue weighted by Gasteiger charge is 2.14. The summed E-state index contributed by atoms with van der Waals surface area (Å²) in [5.41, 5.74) is 5.61. The van der Waals surface area contributed by atoms with Crippen LogP contribution in [0.25, 0.3) is 0 Å². The SMILES string of the molecule is CNc1c(C(C)C)ccc(C)c1C(C)C. The van der Waals surface area contributed by atoms with Crippen LogP contribution in [-0.4, -0.2) is 7.05 Å². The van der Waals surface area contributed by atoms with Crippen molar-refractivity contribution in [3.8, 4) is 0 Å². The second-order valence-electron chi connectivity index (χ2n) is 4.82. The van der Waals surface area contributed by atoms with E-state index < -0.39 is 0 Å². The molecule has 0 unspecified atom stereocenters. The Morgan fingerprint density at radius 1 is 1.00 bits per heavy atom. The van der Waals surface area contributed by atoms with Crippen LogP contribution in [0.1, 0.15) is 56.2 Å². The summed E-state index contributed by atoms with van der Waals surface area (Å²) in [6, 6.07) is 4.49. The maximum Gasteiger partial charge on any atom is 0.0410 e. The van der Waals surface area contributed by atoms with Gasteiger partial charge in [0.2, 0.25) is 0 Å². The van der Waals surface area contributed by atoms with Crippen molar-refractivity contribution in [2.75, 3.05) is 12.4 Å². The van der Waals surface area contributed by atoms with Gasteiger partial charge in [-0.2, -0.15) is 0 Å². The minimum atomic E-state index is 0.575. The van der Waals surface area contributed by atoms with Crippen LogP contribution in [0.15, 0.2) is 12.1 Å². The van der Waals surface area contributed by atoms with Crippen molar-refractivity contribution in [3.05, 3.63) is 28.8 Å². The average molecular weight is 205 g/mol. The zero-order valence-corrected chi connectivity index (χ0v) is 10.8. The topological polar surface area (TPSA) is 12.0 Å². The lowest BCUT2D eigenvalue weighted by Gasteiger charge is -2.21. The van der Waals surface area contributed by atoms with Gasteiger partial charge in [-0.05, 0) is 35.4 Å². The van der Waals surface area contributed by atoms with Crippen LogP contribution in [0, 0.1) is 6.92 Å². The molecule has 0 saturated carbocycles. The Morgan fingerprint density at radius 2 is 1.60 bits per heavy atom. The van der Waals surface area contributed by atoms with Crippen LogP contribution >= 0.6 is 0 Å². The number of aryl methyl sites for hydroxylation is 1. The van der Waals surface area contributed by atoms with E-state index in [0.29, 0.717) is 11.8 Å². The van der Waals surface area contributed by atoms with Gasteiger partial charge in [-0.25, -0.2) is 0 Å². The van der Waals surface area contributed by atoms with Crippen LogP contribution in [-0.2, 0) is 0 Å². The van der Waals surface area contributed by atoms with E-state index in [-0.39, 0.29) is 0 Å². The van der Waals surface area contributed by atoms with Crippen LogP contribution in [0.4, 0.5) is 5.69 Å². The van der Waals surface area contributed by atoms with Gasteiger partial charge in [0.1, 0.15) is 0 Å². The number of nitrogens with one attached hydrogen (secondary N) is 1. The molecule has 1 rings (SSSR count). The summed E-state index contributed by atoms with van der Waals surface area (Å²) in [7, 11) is 2.02. The predicted molar refractivity (Wildman–Crippen MR) is 68.9 cm³/mol. The third-order valence-electron chi connectivity index (χ3n) is 2.95. The molecule has 0 radical (unpaired) electrons. The molecule has 15 heavy (non-hydrogen) atoms. The van der Waals surface area contributed by atoms with Gasteiger partial charge >= 0.3 is 0 Å². The normalized spacial score (nSPS) is 11.2. The molecule has 1 nitrogen and oxygen atoms in total. The van der Waals surface area contributed by atoms with Gasteiger partial charge < -0.3 is 5.32 Å². The molecule has 1 N–H and O–H groups in total. The monoisotopic (exact) mass is 205 g/mol. The Morgan fingerprint density at radius 3 is 2.00 bits per heavy atom. The van der Waals surface area contributed by atoms with Gasteiger partial charge in [-0.3, -0.25) is 0 Å². The first-order valence-corrected chi connectivity index (χ1v) is 5.80. The van der Waals surface area contributed by atoms with Gasteiger partial charge in [0.25, 0.3) is 0 Å². The molecule has 1 aromatic carbocycles. The Labute approximate surface area is 93.9 Å². The van der Waals surface area contributed by atoms with E-state index in [9.17, 15) is 0 Å². The largest absolute Gasteiger partial charge is 0.388 e. The molecule has 0 aliphatic carbocycles. The first-order chi connectivity index (χ1) is 6.99. The summed E-state index contributed by atoms with van der Waals surface area (Å²) in [4.78, 5) is 0. The fourth-order valence-electron chi connectivity index (χ4n) is 2.24. The third-order valence-corrected chi connectivity index (χ3v) is 2.95. The zero-order valence-electron chi connectivity index (χ0n) is 10.8. The molecule has 0 bridgehead atoms. The lowest BCUT2D eigenvalue weighted by atomic mass is 9.89. The number of anilines is 1. The Bertz CT molecular complexity index is 337. The highest BCUT2D eigenvalue weighted by atomic mass is 14.8. The van der Waals surface area contributed by atoms with Crippen molar-refractivity contribution >= 4 is 5.69 Å². The van der Waals surface area contributed by atoms with Crippen LogP contribution < -0.4 is 5.32 Å². The Balaban J connectivity index is 3.40. The summed E-state index contributed by atoms with van der Waals surface area (Å²) in [5.74, 6) is 1.15. The van der Waals surface area contributed by atoms with Crippen LogP contribution in [0.2, 0.25) is 0 Å². The quantitative estimate of drug-likeness (QED) is 0.776. The summed E-state index contributed by atoms with van der Waals surface area (Å²) in [6.07, 6.45) is 0. The van der Waals surface area contributed by atoms with Crippen molar-refractivity contribution in [2.45, 2.75) is 46.5 Å². The average Bonchev–Trinajstić information content (AvgIpc) is 2.15. The zero-order chi connectivity index (χ0) is 11.6. The third kappa shape index (κ3) is 2.34. The number of hydrogen-bond acceptors (Lipinski definition) is 1. The fourth-order valence-corrected chi connectivity index (χ4v) is 2.24. The molecule has 1 heteroatoms. The molecule has 0 atom stereocenters. The smallest absolute Gasteiger partial charge is 0.0410 e. The van der Waals surface area contributed by atoms with E-state index in [4.69, 9.17) is 0 Å². The first-order valence-electron chi connectivity index (χ1n) is 5.80. The number of hydrogen-bond donors (Lipinski definition) is 1. The first kappa shape index (κ1) is 12.1. The number of benzene rings is 1. The summed E-state index contributed by atoms with van der Waals surface area (Å²) in [5, 5.41) is 3.37. The standard InChI is InChI=1S/C14H23N/c1-9(2)12-8-7-11(5)13(10(3)4)14(12)15-6/h7-10,15H,1-6H3. The second-order valence-corrected chi connectivity index (χ2v) is 4.82. The van der Waals surface area contributed by atoms with E-state index in [1.165, 1.54) is 22.4 Å². The molecule has 0 saturated heterocycles. The lowest BCUT2D eigenvalue weighted by Crippen LogP contribution is -2.05. The Kier molecular flexibility index (Phi) is 3.78. The van der Waals surface area contributed by atoms with Crippen molar-refractivity contribution in [2.24, 2.45) is 0 Å². The van der Waals surface area contributed by atoms with Crippen molar-refractivity contribution in [1.82, 2.24) is 0 Å². The molecule has 0 heterocycles. The van der Waals surface area contributed by atoms with E-state index in [1.807, 2.05) is 7.05 Å². The van der Waals surface area contributed by atoms with Gasteiger partial charge in [0.15, 0.2) is 0 Å². The molecule has 0 amide bonds. The van der Waals surface area contributed by atoms with Crippen molar-refractivity contribution in [3.63, 3.8) is 0 Å². The summed E-state index contributed by atoms with van der Waals surface area (Å²) < 4.78 is 0.